The van der Waals surface area contributed by atoms with Crippen LogP contribution >= 0.6 is 0 Å². The summed E-state index contributed by atoms with van der Waals surface area (Å²) in [7, 11) is 4.88. The van der Waals surface area contributed by atoms with Crippen LogP contribution in [0.1, 0.15) is 10.4 Å². The molecule has 0 bridgehead atoms. The molecule has 1 amide bonds. The summed E-state index contributed by atoms with van der Waals surface area (Å²) in [6, 6.07) is 4.49. The second-order valence-electron chi connectivity index (χ2n) is 3.22. The fraction of sp³-hybridized carbons (Fsp3) is 0.300. The smallest absolute Gasteiger partial charge is 0.269 e. The van der Waals surface area contributed by atoms with Crippen LogP contribution in [0.5, 0.6) is 11.5 Å². The molecule has 0 unspecified atom stereocenters. The van der Waals surface area contributed by atoms with Crippen molar-refractivity contribution < 1.29 is 14.6 Å². The Balaban J connectivity index is 2.96. The first-order valence-corrected chi connectivity index (χ1v) is 4.40. The molecule has 5 heteroatoms. The number of hydrogen-bond acceptors (Lipinski definition) is 4. The lowest BCUT2D eigenvalue weighted by molar-refractivity contribution is 0.0853. The van der Waals surface area contributed by atoms with Gasteiger partial charge in [0.15, 0.2) is 0 Å². The Kier molecular flexibility index (Phi) is 3.51. The van der Waals surface area contributed by atoms with Gasteiger partial charge in [-0.25, -0.2) is 5.01 Å². The Morgan fingerprint density at radius 1 is 1.47 bits per heavy atom. The van der Waals surface area contributed by atoms with Gasteiger partial charge >= 0.3 is 0 Å². The van der Waals surface area contributed by atoms with Gasteiger partial charge in [0.05, 0.1) is 12.7 Å². The van der Waals surface area contributed by atoms with E-state index in [2.05, 4.69) is 5.43 Å². The fourth-order valence-corrected chi connectivity index (χ4v) is 1.09. The van der Waals surface area contributed by atoms with Crippen LogP contribution in [0, 0.1) is 0 Å². The summed E-state index contributed by atoms with van der Waals surface area (Å²) in [5.41, 5.74) is 2.71. The van der Waals surface area contributed by atoms with Crippen LogP contribution in [0.4, 0.5) is 0 Å². The molecule has 5 nitrogen and oxygen atoms in total. The molecule has 0 heterocycles. The summed E-state index contributed by atoms with van der Waals surface area (Å²) >= 11 is 0. The van der Waals surface area contributed by atoms with E-state index in [9.17, 15) is 9.90 Å². The molecule has 1 aromatic rings. The molecule has 0 atom stereocenters. The van der Waals surface area contributed by atoms with Gasteiger partial charge in [-0.05, 0) is 18.2 Å². The van der Waals surface area contributed by atoms with E-state index in [0.717, 1.165) is 0 Å². The van der Waals surface area contributed by atoms with Crippen molar-refractivity contribution in [2.45, 2.75) is 0 Å². The van der Waals surface area contributed by atoms with E-state index in [0.29, 0.717) is 5.75 Å². The van der Waals surface area contributed by atoms with Crippen molar-refractivity contribution in [3.63, 3.8) is 0 Å². The first kappa shape index (κ1) is 11.3. The van der Waals surface area contributed by atoms with Crippen LogP contribution in [-0.2, 0) is 0 Å². The van der Waals surface area contributed by atoms with E-state index in [1.165, 1.54) is 24.3 Å². The summed E-state index contributed by atoms with van der Waals surface area (Å²) in [5.74, 6) is 0.0725. The predicted molar refractivity (Wildman–Crippen MR) is 55.8 cm³/mol. The molecule has 1 rings (SSSR count). The Bertz CT molecular complexity index is 364. The summed E-state index contributed by atoms with van der Waals surface area (Å²) in [6.07, 6.45) is 0. The molecular weight excluding hydrogens is 196 g/mol. The number of nitrogens with one attached hydrogen (secondary N) is 1. The second-order valence-corrected chi connectivity index (χ2v) is 3.22. The largest absolute Gasteiger partial charge is 0.507 e. The summed E-state index contributed by atoms with van der Waals surface area (Å²) in [4.78, 5) is 11.6. The van der Waals surface area contributed by atoms with Crippen molar-refractivity contribution in [3.8, 4) is 11.5 Å². The average Bonchev–Trinajstić information content (AvgIpc) is 2.17. The minimum atomic E-state index is -0.378. The molecular formula is C10H14N2O3. The van der Waals surface area contributed by atoms with Gasteiger partial charge in [0.1, 0.15) is 11.5 Å². The summed E-state index contributed by atoms with van der Waals surface area (Å²) in [5, 5.41) is 11.0. The Labute approximate surface area is 88.2 Å². The number of carbonyl (C=O) groups is 1. The summed E-state index contributed by atoms with van der Waals surface area (Å²) in [6.45, 7) is 0. The number of nitrogens with zero attached hydrogens (tertiary/aromatic N) is 1. The fourth-order valence-electron chi connectivity index (χ4n) is 1.09. The van der Waals surface area contributed by atoms with Crippen LogP contribution in [0.2, 0.25) is 0 Å². The molecule has 82 valence electrons. The van der Waals surface area contributed by atoms with Crippen molar-refractivity contribution in [3.05, 3.63) is 23.8 Å². The van der Waals surface area contributed by atoms with Gasteiger partial charge in [-0.1, -0.05) is 0 Å². The third kappa shape index (κ3) is 2.85. The second kappa shape index (κ2) is 4.65. The monoisotopic (exact) mass is 210 g/mol. The first-order chi connectivity index (χ1) is 7.04. The number of methoxy groups -OCH3 is 1. The highest BCUT2D eigenvalue weighted by molar-refractivity contribution is 5.96. The van der Waals surface area contributed by atoms with Crippen molar-refractivity contribution >= 4 is 5.91 Å². The number of carbonyl (C=O) groups excluding carboxylic acids is 1. The summed E-state index contributed by atoms with van der Waals surface area (Å²) < 4.78 is 4.96. The topological polar surface area (TPSA) is 61.8 Å². The molecule has 1 aromatic carbocycles. The van der Waals surface area contributed by atoms with Crippen LogP contribution in [0.15, 0.2) is 18.2 Å². The van der Waals surface area contributed by atoms with E-state index >= 15 is 0 Å². The zero-order valence-corrected chi connectivity index (χ0v) is 8.94. The minimum Gasteiger partial charge on any atom is -0.507 e. The maximum absolute atomic E-state index is 11.6. The number of ether oxygens (including phenoxy) is 1. The zero-order valence-electron chi connectivity index (χ0n) is 8.94. The van der Waals surface area contributed by atoms with Crippen molar-refractivity contribution in [1.82, 2.24) is 10.4 Å². The molecule has 0 saturated carbocycles. The Morgan fingerprint density at radius 2 is 2.13 bits per heavy atom. The lowest BCUT2D eigenvalue weighted by Gasteiger charge is -2.13. The van der Waals surface area contributed by atoms with Gasteiger partial charge < -0.3 is 9.84 Å². The molecule has 0 aromatic heterocycles. The standard InChI is InChI=1S/C10H14N2O3/c1-12(2)11-10(14)8-6-7(15-3)4-5-9(8)13/h4-6,13H,1-3H3,(H,11,14). The average molecular weight is 210 g/mol. The van der Waals surface area contributed by atoms with Crippen LogP contribution in [-0.4, -0.2) is 37.2 Å². The maximum Gasteiger partial charge on any atom is 0.269 e. The maximum atomic E-state index is 11.6. The van der Waals surface area contributed by atoms with Gasteiger partial charge in [-0.2, -0.15) is 0 Å². The van der Waals surface area contributed by atoms with Gasteiger partial charge in [-0.15, -0.1) is 0 Å². The number of rotatable bonds is 3. The molecule has 0 aliphatic carbocycles. The van der Waals surface area contributed by atoms with E-state index < -0.39 is 0 Å². The quantitative estimate of drug-likeness (QED) is 0.717. The van der Waals surface area contributed by atoms with E-state index in [1.807, 2.05) is 0 Å². The molecule has 0 fully saturated rings. The normalized spacial score (nSPS) is 10.1. The van der Waals surface area contributed by atoms with Crippen molar-refractivity contribution in [2.75, 3.05) is 21.2 Å². The molecule has 0 spiro atoms. The third-order valence-electron chi connectivity index (χ3n) is 1.77. The van der Waals surface area contributed by atoms with Gasteiger partial charge in [0.2, 0.25) is 0 Å². The van der Waals surface area contributed by atoms with Gasteiger partial charge in [-0.3, -0.25) is 10.2 Å². The number of hydrazine groups is 1. The van der Waals surface area contributed by atoms with Crippen molar-refractivity contribution in [2.24, 2.45) is 0 Å². The number of hydrogen-bond donors (Lipinski definition) is 2. The highest BCUT2D eigenvalue weighted by Crippen LogP contribution is 2.22. The van der Waals surface area contributed by atoms with E-state index in [-0.39, 0.29) is 17.2 Å². The third-order valence-corrected chi connectivity index (χ3v) is 1.77. The van der Waals surface area contributed by atoms with Crippen LogP contribution < -0.4 is 10.2 Å². The van der Waals surface area contributed by atoms with E-state index in [4.69, 9.17) is 4.74 Å². The number of phenolic OH excluding ortho intramolecular Hbond substituents is 1. The Morgan fingerprint density at radius 3 is 2.67 bits per heavy atom. The first-order valence-electron chi connectivity index (χ1n) is 4.40. The van der Waals surface area contributed by atoms with E-state index in [1.54, 1.807) is 20.2 Å². The number of aromatic hydroxyl groups is 1. The van der Waals surface area contributed by atoms with Crippen molar-refractivity contribution in [1.29, 1.82) is 0 Å². The number of benzene rings is 1. The van der Waals surface area contributed by atoms with Crippen LogP contribution in [0.25, 0.3) is 0 Å². The molecule has 15 heavy (non-hydrogen) atoms. The predicted octanol–water partition coefficient (Wildman–Crippen LogP) is 0.607. The molecule has 2 N–H and O–H groups in total. The molecule has 0 aliphatic heterocycles. The lowest BCUT2D eigenvalue weighted by atomic mass is 10.2. The highest BCUT2D eigenvalue weighted by Gasteiger charge is 2.12. The molecule has 0 radical (unpaired) electrons. The van der Waals surface area contributed by atoms with Crippen LogP contribution in [0.3, 0.4) is 0 Å². The number of phenols is 1. The van der Waals surface area contributed by atoms with Gasteiger partial charge in [0, 0.05) is 14.1 Å². The zero-order chi connectivity index (χ0) is 11.4. The Hall–Kier alpha value is -1.75. The van der Waals surface area contributed by atoms with Gasteiger partial charge in [0.25, 0.3) is 5.91 Å². The SMILES string of the molecule is COc1ccc(O)c(C(=O)NN(C)C)c1. The lowest BCUT2D eigenvalue weighted by Crippen LogP contribution is -2.36. The number of amides is 1. The molecule has 0 aliphatic rings. The highest BCUT2D eigenvalue weighted by atomic mass is 16.5. The minimum absolute atomic E-state index is 0.0739. The molecule has 0 saturated heterocycles.